The van der Waals surface area contributed by atoms with Crippen molar-refractivity contribution in [1.82, 2.24) is 4.57 Å². The molecule has 0 saturated carbocycles. The van der Waals surface area contributed by atoms with Crippen molar-refractivity contribution in [1.29, 1.82) is 0 Å². The maximum absolute atomic E-state index is 13.9. The molecule has 3 aromatic carbocycles. The van der Waals surface area contributed by atoms with Crippen LogP contribution in [-0.4, -0.2) is 23.7 Å². The van der Waals surface area contributed by atoms with Gasteiger partial charge in [-0.15, -0.1) is 0 Å². The number of benzene rings is 3. The predicted molar refractivity (Wildman–Crippen MR) is 159 cm³/mol. The van der Waals surface area contributed by atoms with Gasteiger partial charge in [0.15, 0.2) is 16.3 Å². The summed E-state index contributed by atoms with van der Waals surface area (Å²) in [6, 6.07) is 22.1. The minimum Gasteiger partial charge on any atom is -0.493 e. The van der Waals surface area contributed by atoms with Crippen LogP contribution in [0.1, 0.15) is 43.5 Å². The standard InChI is InChI=1S/C32H31N3O4S/c1-19(2)39-25-16-13-22(17-26(25)38-5)18-27-31(37)35-29(23-14-11-20(3)12-15-23)28(21(4)33-32(35)40-27)30(36)34-24-9-7-6-8-10-24/h6-19,29H,1-5H3,(H,34,36)/b27-18-/t29-/m1/s1. The third-order valence-corrected chi connectivity index (χ3v) is 7.52. The van der Waals surface area contributed by atoms with Gasteiger partial charge in [0.05, 0.1) is 35.1 Å². The van der Waals surface area contributed by atoms with Crippen LogP contribution in [0.2, 0.25) is 0 Å². The number of amides is 1. The van der Waals surface area contributed by atoms with Gasteiger partial charge in [-0.25, -0.2) is 4.99 Å². The monoisotopic (exact) mass is 553 g/mol. The number of methoxy groups -OCH3 is 1. The van der Waals surface area contributed by atoms with E-state index >= 15 is 0 Å². The molecule has 1 aromatic heterocycles. The highest BCUT2D eigenvalue weighted by molar-refractivity contribution is 7.07. The fourth-order valence-corrected chi connectivity index (χ4v) is 5.72. The highest BCUT2D eigenvalue weighted by Gasteiger charge is 2.32. The van der Waals surface area contributed by atoms with Gasteiger partial charge in [-0.05, 0) is 69.2 Å². The van der Waals surface area contributed by atoms with E-state index in [2.05, 4.69) is 5.32 Å². The van der Waals surface area contributed by atoms with E-state index in [-0.39, 0.29) is 17.6 Å². The Bertz CT molecular complexity index is 1770. The number of fused-ring (bicyclic) bond motifs is 1. The van der Waals surface area contributed by atoms with Crippen molar-refractivity contribution in [3.8, 4) is 11.5 Å². The van der Waals surface area contributed by atoms with E-state index in [1.54, 1.807) is 11.7 Å². The second-order valence-corrected chi connectivity index (χ2v) is 10.9. The zero-order chi connectivity index (χ0) is 28.4. The van der Waals surface area contributed by atoms with Gasteiger partial charge in [0, 0.05) is 5.69 Å². The zero-order valence-electron chi connectivity index (χ0n) is 23.1. The van der Waals surface area contributed by atoms with Gasteiger partial charge < -0.3 is 14.8 Å². The van der Waals surface area contributed by atoms with E-state index in [9.17, 15) is 9.59 Å². The number of carbonyl (C=O) groups is 1. The lowest BCUT2D eigenvalue weighted by Gasteiger charge is -2.25. The Labute approximate surface area is 236 Å². The average molecular weight is 554 g/mol. The number of rotatable bonds is 7. The van der Waals surface area contributed by atoms with E-state index in [1.165, 1.54) is 11.3 Å². The number of allylic oxidation sites excluding steroid dienone is 1. The second kappa shape index (κ2) is 11.4. The zero-order valence-corrected chi connectivity index (χ0v) is 23.9. The third kappa shape index (κ3) is 5.49. The smallest absolute Gasteiger partial charge is 0.271 e. The Balaban J connectivity index is 1.63. The number of aromatic nitrogens is 1. The molecule has 0 spiro atoms. The first-order valence-corrected chi connectivity index (χ1v) is 13.9. The molecule has 7 nitrogen and oxygen atoms in total. The number of ether oxygens (including phenoxy) is 2. The molecule has 1 aliphatic rings. The topological polar surface area (TPSA) is 81.9 Å². The summed E-state index contributed by atoms with van der Waals surface area (Å²) in [5.41, 5.74) is 4.18. The van der Waals surface area contributed by atoms with Gasteiger partial charge in [0.1, 0.15) is 0 Å². The second-order valence-electron chi connectivity index (χ2n) is 9.89. The number of hydrogen-bond donors (Lipinski definition) is 1. The molecule has 4 aromatic rings. The Morgan fingerprint density at radius 2 is 1.75 bits per heavy atom. The first-order chi connectivity index (χ1) is 19.2. The first kappa shape index (κ1) is 27.1. The molecule has 1 N–H and O–H groups in total. The van der Waals surface area contributed by atoms with Crippen molar-refractivity contribution < 1.29 is 14.3 Å². The van der Waals surface area contributed by atoms with Crippen LogP contribution in [0.5, 0.6) is 11.5 Å². The van der Waals surface area contributed by atoms with Crippen LogP contribution in [0.15, 0.2) is 93.9 Å². The fourth-order valence-electron chi connectivity index (χ4n) is 4.67. The molecule has 0 radical (unpaired) electrons. The number of nitrogens with zero attached hydrogens (tertiary/aromatic N) is 2. The van der Waals surface area contributed by atoms with Gasteiger partial charge in [-0.1, -0.05) is 65.4 Å². The number of anilines is 1. The number of nitrogens with one attached hydrogen (secondary N) is 1. The van der Waals surface area contributed by atoms with Crippen LogP contribution in [0.4, 0.5) is 5.69 Å². The molecule has 2 heterocycles. The molecule has 5 rings (SSSR count). The van der Waals surface area contributed by atoms with Crippen LogP contribution >= 0.6 is 11.3 Å². The summed E-state index contributed by atoms with van der Waals surface area (Å²) in [6.07, 6.45) is 1.82. The lowest BCUT2D eigenvalue weighted by molar-refractivity contribution is -0.113. The lowest BCUT2D eigenvalue weighted by Crippen LogP contribution is -2.40. The highest BCUT2D eigenvalue weighted by atomic mass is 32.1. The number of hydrogen-bond acceptors (Lipinski definition) is 6. The van der Waals surface area contributed by atoms with Gasteiger partial charge in [-0.2, -0.15) is 0 Å². The molecular weight excluding hydrogens is 522 g/mol. The summed E-state index contributed by atoms with van der Waals surface area (Å²) in [5, 5.41) is 2.98. The Hall–Kier alpha value is -4.43. The largest absolute Gasteiger partial charge is 0.493 e. The number of thiazole rings is 1. The predicted octanol–water partition coefficient (Wildman–Crippen LogP) is 4.98. The van der Waals surface area contributed by atoms with Gasteiger partial charge in [-0.3, -0.25) is 14.2 Å². The van der Waals surface area contributed by atoms with Crippen LogP contribution in [0.25, 0.3) is 6.08 Å². The SMILES string of the molecule is COc1cc(/C=c2\sc3n(c2=O)[C@H](c2ccc(C)cc2)C(C(=O)Nc2ccccc2)=C(C)N=3)ccc1OC(C)C. The van der Waals surface area contributed by atoms with Crippen molar-refractivity contribution in [2.75, 3.05) is 12.4 Å². The molecule has 1 amide bonds. The molecule has 1 atom stereocenters. The van der Waals surface area contributed by atoms with Crippen LogP contribution in [0.3, 0.4) is 0 Å². The summed E-state index contributed by atoms with van der Waals surface area (Å²) < 4.78 is 13.5. The van der Waals surface area contributed by atoms with Crippen molar-refractivity contribution in [2.45, 2.75) is 39.8 Å². The van der Waals surface area contributed by atoms with Gasteiger partial charge in [0.25, 0.3) is 11.5 Å². The van der Waals surface area contributed by atoms with Gasteiger partial charge >= 0.3 is 0 Å². The molecule has 204 valence electrons. The maximum Gasteiger partial charge on any atom is 0.271 e. The molecule has 0 saturated heterocycles. The summed E-state index contributed by atoms with van der Waals surface area (Å²) in [6.45, 7) is 7.73. The fraction of sp³-hybridized carbons (Fsp3) is 0.219. The summed E-state index contributed by atoms with van der Waals surface area (Å²) in [4.78, 5) is 32.9. The average Bonchev–Trinajstić information content (AvgIpc) is 3.23. The van der Waals surface area contributed by atoms with Gasteiger partial charge in [0.2, 0.25) is 0 Å². The van der Waals surface area contributed by atoms with Crippen LogP contribution in [-0.2, 0) is 4.79 Å². The molecule has 1 aliphatic heterocycles. The van der Waals surface area contributed by atoms with E-state index in [0.717, 1.165) is 16.7 Å². The number of para-hydroxylation sites is 1. The highest BCUT2D eigenvalue weighted by Crippen LogP contribution is 2.31. The molecular formula is C32H31N3O4S. The number of aryl methyl sites for hydroxylation is 1. The molecule has 0 aliphatic carbocycles. The van der Waals surface area contributed by atoms with Crippen molar-refractivity contribution in [2.24, 2.45) is 4.99 Å². The normalized spacial score (nSPS) is 15.1. The molecule has 40 heavy (non-hydrogen) atoms. The minimum atomic E-state index is -0.626. The van der Waals surface area contributed by atoms with Crippen molar-refractivity contribution in [3.05, 3.63) is 120 Å². The Morgan fingerprint density at radius 1 is 1.02 bits per heavy atom. The summed E-state index contributed by atoms with van der Waals surface area (Å²) >= 11 is 1.30. The minimum absolute atomic E-state index is 0.00161. The molecule has 0 unspecified atom stereocenters. The van der Waals surface area contributed by atoms with Crippen molar-refractivity contribution in [3.63, 3.8) is 0 Å². The van der Waals surface area contributed by atoms with Crippen LogP contribution < -0.4 is 29.7 Å². The molecule has 8 heteroatoms. The summed E-state index contributed by atoms with van der Waals surface area (Å²) in [5.74, 6) is 0.932. The third-order valence-electron chi connectivity index (χ3n) is 6.54. The van der Waals surface area contributed by atoms with Crippen molar-refractivity contribution >= 4 is 29.0 Å². The van der Waals surface area contributed by atoms with E-state index in [0.29, 0.717) is 37.8 Å². The Morgan fingerprint density at radius 3 is 2.42 bits per heavy atom. The lowest BCUT2D eigenvalue weighted by atomic mass is 9.94. The number of carbonyl (C=O) groups excluding carboxylic acids is 1. The Kier molecular flexibility index (Phi) is 7.71. The molecule has 0 bridgehead atoms. The van der Waals surface area contributed by atoms with E-state index in [1.807, 2.05) is 107 Å². The van der Waals surface area contributed by atoms with E-state index in [4.69, 9.17) is 14.5 Å². The first-order valence-electron chi connectivity index (χ1n) is 13.1. The molecule has 0 fully saturated rings. The quantitative estimate of drug-likeness (QED) is 0.350. The summed E-state index contributed by atoms with van der Waals surface area (Å²) in [7, 11) is 1.59. The maximum atomic E-state index is 13.9. The van der Waals surface area contributed by atoms with E-state index < -0.39 is 6.04 Å². The van der Waals surface area contributed by atoms with Crippen LogP contribution in [0, 0.1) is 6.92 Å².